The number of piperazine rings is 1. The SMILES string of the molecule is COc1ccc(CN2CCN(C3CCCC3)[C@@H](CCO)C2)cc1C. The van der Waals surface area contributed by atoms with Gasteiger partial charge >= 0.3 is 0 Å². The second kappa shape index (κ2) is 8.32. The molecule has 24 heavy (non-hydrogen) atoms. The van der Waals surface area contributed by atoms with Crippen LogP contribution in [0.3, 0.4) is 0 Å². The molecule has 0 spiro atoms. The number of rotatable bonds is 6. The zero-order valence-corrected chi connectivity index (χ0v) is 15.2. The number of methoxy groups -OCH3 is 1. The molecular formula is C20H32N2O2. The fourth-order valence-corrected chi connectivity index (χ4v) is 4.50. The van der Waals surface area contributed by atoms with Crippen molar-refractivity contribution in [1.82, 2.24) is 9.80 Å². The molecule has 2 aliphatic rings. The van der Waals surface area contributed by atoms with Gasteiger partial charge in [-0.2, -0.15) is 0 Å². The summed E-state index contributed by atoms with van der Waals surface area (Å²) < 4.78 is 5.36. The Bertz CT molecular complexity index is 528. The highest BCUT2D eigenvalue weighted by Gasteiger charge is 2.32. The molecule has 4 heteroatoms. The van der Waals surface area contributed by atoms with Crippen LogP contribution in [0.2, 0.25) is 0 Å². The Kier molecular flexibility index (Phi) is 6.14. The lowest BCUT2D eigenvalue weighted by Gasteiger charge is -2.44. The van der Waals surface area contributed by atoms with E-state index in [-0.39, 0.29) is 0 Å². The van der Waals surface area contributed by atoms with Crippen molar-refractivity contribution in [3.8, 4) is 5.75 Å². The first-order valence-electron chi connectivity index (χ1n) is 9.43. The highest BCUT2D eigenvalue weighted by molar-refractivity contribution is 5.36. The molecule has 0 bridgehead atoms. The van der Waals surface area contributed by atoms with Gasteiger partial charge in [-0.3, -0.25) is 9.80 Å². The van der Waals surface area contributed by atoms with E-state index in [0.717, 1.165) is 44.4 Å². The second-order valence-electron chi connectivity index (χ2n) is 7.38. The first-order chi connectivity index (χ1) is 11.7. The lowest BCUT2D eigenvalue weighted by Crippen LogP contribution is -2.56. The molecule has 3 rings (SSSR count). The maximum Gasteiger partial charge on any atom is 0.121 e. The van der Waals surface area contributed by atoms with Crippen molar-refractivity contribution in [2.75, 3.05) is 33.4 Å². The summed E-state index contributed by atoms with van der Waals surface area (Å²) in [5.74, 6) is 0.961. The van der Waals surface area contributed by atoms with E-state index in [1.165, 1.54) is 36.8 Å². The molecular weight excluding hydrogens is 300 g/mol. The van der Waals surface area contributed by atoms with E-state index in [1.807, 2.05) is 0 Å². The third kappa shape index (κ3) is 4.11. The molecule has 0 radical (unpaired) electrons. The van der Waals surface area contributed by atoms with Gasteiger partial charge in [0.1, 0.15) is 5.75 Å². The summed E-state index contributed by atoms with van der Waals surface area (Å²) in [6, 6.07) is 7.75. The summed E-state index contributed by atoms with van der Waals surface area (Å²) in [6.45, 7) is 6.74. The molecule has 2 fully saturated rings. The van der Waals surface area contributed by atoms with Crippen LogP contribution < -0.4 is 4.74 Å². The van der Waals surface area contributed by atoms with Gasteiger partial charge in [-0.15, -0.1) is 0 Å². The number of aliphatic hydroxyl groups excluding tert-OH is 1. The molecule has 0 amide bonds. The molecule has 1 aromatic rings. The Balaban J connectivity index is 1.62. The van der Waals surface area contributed by atoms with Crippen LogP contribution in [0.5, 0.6) is 5.75 Å². The molecule has 1 aromatic carbocycles. The summed E-state index contributed by atoms with van der Waals surface area (Å²) in [4.78, 5) is 5.24. The van der Waals surface area contributed by atoms with E-state index in [2.05, 4.69) is 34.9 Å². The maximum absolute atomic E-state index is 9.49. The van der Waals surface area contributed by atoms with Gasteiger partial charge in [-0.05, 0) is 43.4 Å². The summed E-state index contributed by atoms with van der Waals surface area (Å²) in [7, 11) is 1.73. The van der Waals surface area contributed by atoms with Crippen molar-refractivity contribution in [2.24, 2.45) is 0 Å². The van der Waals surface area contributed by atoms with Crippen LogP contribution in [0.15, 0.2) is 18.2 Å². The smallest absolute Gasteiger partial charge is 0.121 e. The van der Waals surface area contributed by atoms with Crippen molar-refractivity contribution in [2.45, 2.75) is 57.7 Å². The highest BCUT2D eigenvalue weighted by atomic mass is 16.5. The van der Waals surface area contributed by atoms with Gasteiger partial charge in [-0.1, -0.05) is 25.0 Å². The third-order valence-electron chi connectivity index (χ3n) is 5.73. The Morgan fingerprint density at radius 2 is 2.00 bits per heavy atom. The van der Waals surface area contributed by atoms with Crippen molar-refractivity contribution >= 4 is 0 Å². The molecule has 1 N–H and O–H groups in total. The van der Waals surface area contributed by atoms with Crippen molar-refractivity contribution in [3.63, 3.8) is 0 Å². The molecule has 1 aliphatic carbocycles. The van der Waals surface area contributed by atoms with Gasteiger partial charge in [-0.25, -0.2) is 0 Å². The fraction of sp³-hybridized carbons (Fsp3) is 0.700. The van der Waals surface area contributed by atoms with Crippen LogP contribution in [0.25, 0.3) is 0 Å². The van der Waals surface area contributed by atoms with Gasteiger partial charge in [0.05, 0.1) is 7.11 Å². The predicted octanol–water partition coefficient (Wildman–Crippen LogP) is 2.81. The minimum absolute atomic E-state index is 0.295. The predicted molar refractivity (Wildman–Crippen MR) is 97.5 cm³/mol. The van der Waals surface area contributed by atoms with E-state index in [0.29, 0.717) is 12.6 Å². The summed E-state index contributed by atoms with van der Waals surface area (Å²) in [5.41, 5.74) is 2.55. The van der Waals surface area contributed by atoms with Gasteiger partial charge < -0.3 is 9.84 Å². The number of aliphatic hydroxyl groups is 1. The molecule has 4 nitrogen and oxygen atoms in total. The maximum atomic E-state index is 9.49. The minimum atomic E-state index is 0.295. The van der Waals surface area contributed by atoms with Gasteiger partial charge in [0.2, 0.25) is 0 Å². The quantitative estimate of drug-likeness (QED) is 0.869. The first-order valence-corrected chi connectivity index (χ1v) is 9.43. The van der Waals surface area contributed by atoms with Gasteiger partial charge in [0, 0.05) is 44.9 Å². The van der Waals surface area contributed by atoms with Gasteiger partial charge in [0.15, 0.2) is 0 Å². The zero-order valence-electron chi connectivity index (χ0n) is 15.2. The number of hydrogen-bond acceptors (Lipinski definition) is 4. The lowest BCUT2D eigenvalue weighted by molar-refractivity contribution is 0.0267. The summed E-state index contributed by atoms with van der Waals surface area (Å²) >= 11 is 0. The Morgan fingerprint density at radius 3 is 2.67 bits per heavy atom. The minimum Gasteiger partial charge on any atom is -0.496 e. The van der Waals surface area contributed by atoms with E-state index in [4.69, 9.17) is 4.74 Å². The summed E-state index contributed by atoms with van der Waals surface area (Å²) in [6.07, 6.45) is 6.34. The average molecular weight is 332 g/mol. The number of ether oxygens (including phenoxy) is 1. The second-order valence-corrected chi connectivity index (χ2v) is 7.38. The highest BCUT2D eigenvalue weighted by Crippen LogP contribution is 2.28. The van der Waals surface area contributed by atoms with E-state index < -0.39 is 0 Å². The van der Waals surface area contributed by atoms with Crippen LogP contribution >= 0.6 is 0 Å². The normalized spacial score (nSPS) is 23.7. The van der Waals surface area contributed by atoms with Crippen LogP contribution in [-0.2, 0) is 6.54 Å². The number of nitrogens with zero attached hydrogens (tertiary/aromatic N) is 2. The Hall–Kier alpha value is -1.10. The topological polar surface area (TPSA) is 35.9 Å². The Morgan fingerprint density at radius 1 is 1.21 bits per heavy atom. The number of hydrogen-bond donors (Lipinski definition) is 1. The summed E-state index contributed by atoms with van der Waals surface area (Å²) in [5, 5.41) is 9.49. The fourth-order valence-electron chi connectivity index (χ4n) is 4.50. The first kappa shape index (κ1) is 17.7. The average Bonchev–Trinajstić information content (AvgIpc) is 3.10. The van der Waals surface area contributed by atoms with Gasteiger partial charge in [0.25, 0.3) is 0 Å². The zero-order chi connectivity index (χ0) is 16.9. The van der Waals surface area contributed by atoms with E-state index in [9.17, 15) is 5.11 Å². The lowest BCUT2D eigenvalue weighted by atomic mass is 10.0. The number of benzene rings is 1. The molecule has 0 aromatic heterocycles. The third-order valence-corrected chi connectivity index (χ3v) is 5.73. The number of aryl methyl sites for hydroxylation is 1. The molecule has 1 saturated heterocycles. The molecule has 1 saturated carbocycles. The molecule has 1 aliphatic heterocycles. The van der Waals surface area contributed by atoms with Crippen molar-refractivity contribution in [1.29, 1.82) is 0 Å². The van der Waals surface area contributed by atoms with Crippen molar-refractivity contribution < 1.29 is 9.84 Å². The molecule has 0 unspecified atom stereocenters. The van der Waals surface area contributed by atoms with Crippen LogP contribution in [0, 0.1) is 6.92 Å². The van der Waals surface area contributed by atoms with Crippen molar-refractivity contribution in [3.05, 3.63) is 29.3 Å². The van der Waals surface area contributed by atoms with Crippen LogP contribution in [0.1, 0.15) is 43.2 Å². The van der Waals surface area contributed by atoms with E-state index in [1.54, 1.807) is 7.11 Å². The largest absolute Gasteiger partial charge is 0.496 e. The van der Waals surface area contributed by atoms with Crippen LogP contribution in [0.4, 0.5) is 0 Å². The van der Waals surface area contributed by atoms with Crippen LogP contribution in [-0.4, -0.2) is 60.3 Å². The van der Waals surface area contributed by atoms with E-state index >= 15 is 0 Å². The molecule has 134 valence electrons. The molecule has 1 atom stereocenters. The standard InChI is InChI=1S/C20H32N2O2/c1-16-13-17(7-8-20(16)24-2)14-21-10-11-22(18-5-3-4-6-18)19(15-21)9-12-23/h7-8,13,18-19,23H,3-6,9-12,14-15H2,1-2H3/t19-/m0/s1. The monoisotopic (exact) mass is 332 g/mol. The Labute approximate surface area is 146 Å². The molecule has 1 heterocycles.